The second-order valence-corrected chi connectivity index (χ2v) is 5.36. The van der Waals surface area contributed by atoms with E-state index in [2.05, 4.69) is 22.0 Å². The number of hydrogen-bond acceptors (Lipinski definition) is 3. The molecule has 1 unspecified atom stereocenters. The molecule has 1 N–H and O–H groups in total. The van der Waals surface area contributed by atoms with E-state index < -0.39 is 0 Å². The van der Waals surface area contributed by atoms with Crippen LogP contribution in [0.1, 0.15) is 26.2 Å². The van der Waals surface area contributed by atoms with Crippen molar-refractivity contribution in [2.24, 2.45) is 5.92 Å². The molecule has 0 spiro atoms. The summed E-state index contributed by atoms with van der Waals surface area (Å²) < 4.78 is 0. The summed E-state index contributed by atoms with van der Waals surface area (Å²) in [4.78, 5) is 16.5. The van der Waals surface area contributed by atoms with E-state index in [1.807, 2.05) is 7.05 Å². The maximum Gasteiger partial charge on any atom is 0.236 e. The number of likely N-dealkylation sites (tertiary alicyclic amines) is 1. The average Bonchev–Trinajstić information content (AvgIpc) is 3.03. The average molecular weight is 239 g/mol. The third-order valence-electron chi connectivity index (χ3n) is 3.87. The van der Waals surface area contributed by atoms with E-state index in [1.165, 1.54) is 19.3 Å². The minimum Gasteiger partial charge on any atom is -0.339 e. The van der Waals surface area contributed by atoms with Gasteiger partial charge in [-0.25, -0.2) is 0 Å². The van der Waals surface area contributed by atoms with Crippen LogP contribution in [0.4, 0.5) is 0 Å². The Balaban J connectivity index is 1.75. The second kappa shape index (κ2) is 5.83. The van der Waals surface area contributed by atoms with E-state index in [0.717, 1.165) is 32.1 Å². The SMILES string of the molecule is CCN(C(=O)CN1CCC(CNC)C1)C1CC1. The zero-order valence-corrected chi connectivity index (χ0v) is 11.1. The summed E-state index contributed by atoms with van der Waals surface area (Å²) in [6.07, 6.45) is 3.65. The molecule has 1 aliphatic carbocycles. The van der Waals surface area contributed by atoms with Gasteiger partial charge >= 0.3 is 0 Å². The van der Waals surface area contributed by atoms with Crippen molar-refractivity contribution in [3.8, 4) is 0 Å². The van der Waals surface area contributed by atoms with E-state index in [9.17, 15) is 4.79 Å². The number of carbonyl (C=O) groups is 1. The minimum atomic E-state index is 0.333. The highest BCUT2D eigenvalue weighted by atomic mass is 16.2. The van der Waals surface area contributed by atoms with Crippen LogP contribution in [0.5, 0.6) is 0 Å². The van der Waals surface area contributed by atoms with Crippen molar-refractivity contribution in [1.82, 2.24) is 15.1 Å². The minimum absolute atomic E-state index is 0.333. The van der Waals surface area contributed by atoms with E-state index in [0.29, 0.717) is 18.5 Å². The van der Waals surface area contributed by atoms with Crippen LogP contribution in [0, 0.1) is 5.92 Å². The predicted octanol–water partition coefficient (Wildman–Crippen LogP) is 0.539. The van der Waals surface area contributed by atoms with Crippen LogP contribution in [-0.4, -0.2) is 61.5 Å². The zero-order valence-electron chi connectivity index (χ0n) is 11.1. The van der Waals surface area contributed by atoms with Crippen LogP contribution < -0.4 is 5.32 Å². The smallest absolute Gasteiger partial charge is 0.236 e. The Bertz CT molecular complexity index is 265. The van der Waals surface area contributed by atoms with Crippen LogP contribution in [0.25, 0.3) is 0 Å². The van der Waals surface area contributed by atoms with Crippen molar-refractivity contribution in [3.63, 3.8) is 0 Å². The molecule has 1 atom stereocenters. The summed E-state index contributed by atoms with van der Waals surface area (Å²) in [5.74, 6) is 1.06. The first-order chi connectivity index (χ1) is 8.24. The largest absolute Gasteiger partial charge is 0.339 e. The number of likely N-dealkylation sites (N-methyl/N-ethyl adjacent to an activating group) is 1. The molecular formula is C13H25N3O. The van der Waals surface area contributed by atoms with Gasteiger partial charge in [-0.2, -0.15) is 0 Å². The monoisotopic (exact) mass is 239 g/mol. The topological polar surface area (TPSA) is 35.6 Å². The lowest BCUT2D eigenvalue weighted by Gasteiger charge is -2.24. The summed E-state index contributed by atoms with van der Waals surface area (Å²) in [5, 5.41) is 3.22. The van der Waals surface area contributed by atoms with Crippen LogP contribution in [0.2, 0.25) is 0 Å². The quantitative estimate of drug-likeness (QED) is 0.735. The Labute approximate surface area is 104 Å². The molecule has 2 aliphatic rings. The van der Waals surface area contributed by atoms with E-state index >= 15 is 0 Å². The lowest BCUT2D eigenvalue weighted by atomic mass is 10.1. The molecule has 17 heavy (non-hydrogen) atoms. The molecular weight excluding hydrogens is 214 g/mol. The summed E-state index contributed by atoms with van der Waals surface area (Å²) >= 11 is 0. The normalized spacial score (nSPS) is 25.2. The zero-order chi connectivity index (χ0) is 12.3. The number of amides is 1. The first-order valence-electron chi connectivity index (χ1n) is 6.91. The summed E-state index contributed by atoms with van der Waals surface area (Å²) in [6.45, 7) is 6.83. The Morgan fingerprint density at radius 2 is 2.18 bits per heavy atom. The molecule has 4 nitrogen and oxygen atoms in total. The molecule has 0 aromatic carbocycles. The molecule has 2 rings (SSSR count). The molecule has 0 bridgehead atoms. The fraction of sp³-hybridized carbons (Fsp3) is 0.923. The Hall–Kier alpha value is -0.610. The standard InChI is InChI=1S/C13H25N3O/c1-3-16(12-4-5-12)13(17)10-15-7-6-11(9-15)8-14-2/h11-12,14H,3-10H2,1-2H3. The van der Waals surface area contributed by atoms with Gasteiger partial charge in [-0.15, -0.1) is 0 Å². The van der Waals surface area contributed by atoms with Crippen LogP contribution in [0.3, 0.4) is 0 Å². The van der Waals surface area contributed by atoms with Gasteiger partial charge in [0.25, 0.3) is 0 Å². The number of rotatable bonds is 6. The van der Waals surface area contributed by atoms with Gasteiger partial charge < -0.3 is 10.2 Å². The Kier molecular flexibility index (Phi) is 4.40. The number of nitrogens with one attached hydrogen (secondary N) is 1. The van der Waals surface area contributed by atoms with E-state index in [1.54, 1.807) is 0 Å². The van der Waals surface area contributed by atoms with Crippen molar-refractivity contribution in [2.75, 3.05) is 39.8 Å². The van der Waals surface area contributed by atoms with Crippen molar-refractivity contribution < 1.29 is 4.79 Å². The van der Waals surface area contributed by atoms with Gasteiger partial charge in [0.05, 0.1) is 6.54 Å². The molecule has 1 saturated heterocycles. The molecule has 4 heteroatoms. The summed E-state index contributed by atoms with van der Waals surface area (Å²) in [6, 6.07) is 0.559. The number of hydrogen-bond donors (Lipinski definition) is 1. The van der Waals surface area contributed by atoms with Crippen LogP contribution in [-0.2, 0) is 4.79 Å². The van der Waals surface area contributed by atoms with Crippen LogP contribution >= 0.6 is 0 Å². The first-order valence-corrected chi connectivity index (χ1v) is 6.91. The maximum absolute atomic E-state index is 12.1. The molecule has 1 heterocycles. The summed E-state index contributed by atoms with van der Waals surface area (Å²) in [5.41, 5.74) is 0. The van der Waals surface area contributed by atoms with Gasteiger partial charge in [-0.3, -0.25) is 9.69 Å². The molecule has 1 saturated carbocycles. The highest BCUT2D eigenvalue weighted by molar-refractivity contribution is 5.79. The lowest BCUT2D eigenvalue weighted by molar-refractivity contribution is -0.132. The van der Waals surface area contributed by atoms with Gasteiger partial charge in [0, 0.05) is 19.1 Å². The highest BCUT2D eigenvalue weighted by Crippen LogP contribution is 2.27. The molecule has 98 valence electrons. The Morgan fingerprint density at radius 3 is 2.76 bits per heavy atom. The fourth-order valence-electron chi connectivity index (χ4n) is 2.82. The van der Waals surface area contributed by atoms with Crippen LogP contribution in [0.15, 0.2) is 0 Å². The molecule has 1 amide bonds. The van der Waals surface area contributed by atoms with Gasteiger partial charge in [-0.1, -0.05) is 0 Å². The van der Waals surface area contributed by atoms with Gasteiger partial charge in [0.2, 0.25) is 5.91 Å². The van der Waals surface area contributed by atoms with Crippen molar-refractivity contribution >= 4 is 5.91 Å². The third kappa shape index (κ3) is 3.42. The molecule has 0 aromatic heterocycles. The number of nitrogens with zero attached hydrogens (tertiary/aromatic N) is 2. The molecule has 2 fully saturated rings. The predicted molar refractivity (Wildman–Crippen MR) is 68.9 cm³/mol. The number of carbonyl (C=O) groups excluding carboxylic acids is 1. The lowest BCUT2D eigenvalue weighted by Crippen LogP contribution is -2.41. The van der Waals surface area contributed by atoms with Crippen molar-refractivity contribution in [2.45, 2.75) is 32.2 Å². The molecule has 0 radical (unpaired) electrons. The fourth-order valence-corrected chi connectivity index (χ4v) is 2.82. The third-order valence-corrected chi connectivity index (χ3v) is 3.87. The molecule has 0 aromatic rings. The van der Waals surface area contributed by atoms with E-state index in [-0.39, 0.29) is 0 Å². The van der Waals surface area contributed by atoms with Gasteiger partial charge in [0.1, 0.15) is 0 Å². The van der Waals surface area contributed by atoms with Crippen molar-refractivity contribution in [3.05, 3.63) is 0 Å². The molecule has 1 aliphatic heterocycles. The van der Waals surface area contributed by atoms with E-state index in [4.69, 9.17) is 0 Å². The highest BCUT2D eigenvalue weighted by Gasteiger charge is 2.33. The second-order valence-electron chi connectivity index (χ2n) is 5.36. The van der Waals surface area contributed by atoms with Gasteiger partial charge in [0.15, 0.2) is 0 Å². The maximum atomic E-state index is 12.1. The van der Waals surface area contributed by atoms with Gasteiger partial charge in [-0.05, 0) is 52.2 Å². The van der Waals surface area contributed by atoms with Crippen molar-refractivity contribution in [1.29, 1.82) is 0 Å². The Morgan fingerprint density at radius 1 is 1.41 bits per heavy atom. The summed E-state index contributed by atoms with van der Waals surface area (Å²) in [7, 11) is 2.00. The first kappa shape index (κ1) is 12.8.